The molecule has 178 valence electrons. The standard InChI is InChI=1S/C34H12N6/c35-13-17-1-5-25-21(9-17)29-30-23-11-19(15-37)3-7-27(23)40-28-8-4-20(16-38)12-24(28)32(34(30)40)31-22-10-18(14-36)2-6-26(22)39(25)33(29)31/h1-12H. The first-order valence-electron chi connectivity index (χ1n) is 12.7. The summed E-state index contributed by atoms with van der Waals surface area (Å²) in [5, 5.41) is 47.1. The molecule has 0 aliphatic carbocycles. The van der Waals surface area contributed by atoms with Crippen LogP contribution in [-0.2, 0) is 0 Å². The molecule has 9 rings (SSSR count). The predicted octanol–water partition coefficient (Wildman–Crippen LogP) is 7.47. The van der Waals surface area contributed by atoms with E-state index in [-0.39, 0.29) is 0 Å². The smallest absolute Gasteiger partial charge is 0.0991 e. The second kappa shape index (κ2) is 6.75. The summed E-state index contributed by atoms with van der Waals surface area (Å²) >= 11 is 0. The van der Waals surface area contributed by atoms with Crippen molar-refractivity contribution in [3.63, 3.8) is 0 Å². The van der Waals surface area contributed by atoms with Crippen LogP contribution in [0.4, 0.5) is 0 Å². The first-order chi connectivity index (χ1) is 19.7. The number of nitrogens with zero attached hydrogens (tertiary/aromatic N) is 6. The Labute approximate surface area is 225 Å². The topological polar surface area (TPSA) is 104 Å². The van der Waals surface area contributed by atoms with Crippen molar-refractivity contribution in [1.82, 2.24) is 8.80 Å². The van der Waals surface area contributed by atoms with Crippen LogP contribution in [0.25, 0.3) is 76.2 Å². The molecular weight excluding hydrogens is 492 g/mol. The van der Waals surface area contributed by atoms with E-state index in [1.54, 1.807) is 0 Å². The molecule has 40 heavy (non-hydrogen) atoms. The molecule has 9 aromatic rings. The lowest BCUT2D eigenvalue weighted by Gasteiger charge is -2.03. The maximum Gasteiger partial charge on any atom is 0.0991 e. The van der Waals surface area contributed by atoms with Crippen molar-refractivity contribution >= 4 is 76.2 Å². The lowest BCUT2D eigenvalue weighted by Crippen LogP contribution is -1.82. The molecule has 6 nitrogen and oxygen atoms in total. The van der Waals surface area contributed by atoms with E-state index in [1.165, 1.54) is 0 Å². The Hall–Kier alpha value is -6.34. The highest BCUT2D eigenvalue weighted by molar-refractivity contribution is 6.45. The van der Waals surface area contributed by atoms with E-state index in [9.17, 15) is 21.0 Å². The van der Waals surface area contributed by atoms with Crippen molar-refractivity contribution in [2.75, 3.05) is 0 Å². The van der Waals surface area contributed by atoms with Gasteiger partial charge in [0, 0.05) is 43.1 Å². The Morgan fingerprint density at radius 3 is 0.850 bits per heavy atom. The molecule has 0 saturated carbocycles. The van der Waals surface area contributed by atoms with E-state index < -0.39 is 0 Å². The zero-order chi connectivity index (χ0) is 26.9. The molecule has 0 N–H and O–H groups in total. The molecule has 0 bridgehead atoms. The van der Waals surface area contributed by atoms with Crippen molar-refractivity contribution in [2.45, 2.75) is 0 Å². The van der Waals surface area contributed by atoms with Crippen LogP contribution < -0.4 is 0 Å². The third-order valence-corrected chi connectivity index (χ3v) is 8.44. The van der Waals surface area contributed by atoms with Gasteiger partial charge < -0.3 is 8.80 Å². The molecule has 6 heteroatoms. The summed E-state index contributed by atoms with van der Waals surface area (Å²) in [6.07, 6.45) is 0. The minimum Gasteiger partial charge on any atom is -0.308 e. The molecule has 0 radical (unpaired) electrons. The lowest BCUT2D eigenvalue weighted by atomic mass is 9.96. The number of rotatable bonds is 0. The molecule has 0 spiro atoms. The minimum absolute atomic E-state index is 0.573. The monoisotopic (exact) mass is 504 g/mol. The second-order valence-electron chi connectivity index (χ2n) is 10.2. The molecule has 0 unspecified atom stereocenters. The van der Waals surface area contributed by atoms with Gasteiger partial charge in [-0.25, -0.2) is 0 Å². The Morgan fingerprint density at radius 1 is 0.375 bits per heavy atom. The summed E-state index contributed by atoms with van der Waals surface area (Å²) in [6.45, 7) is 0. The summed E-state index contributed by atoms with van der Waals surface area (Å²) in [7, 11) is 0. The van der Waals surface area contributed by atoms with Gasteiger partial charge in [-0.15, -0.1) is 0 Å². The highest BCUT2D eigenvalue weighted by Gasteiger charge is 2.28. The number of fused-ring (bicyclic) bond motifs is 14. The maximum atomic E-state index is 9.79. The third-order valence-electron chi connectivity index (χ3n) is 8.44. The molecule has 0 aliphatic rings. The summed E-state index contributed by atoms with van der Waals surface area (Å²) in [6, 6.07) is 32.3. The first-order valence-corrected chi connectivity index (χ1v) is 12.7. The fourth-order valence-electron chi connectivity index (χ4n) is 6.96. The van der Waals surface area contributed by atoms with Crippen LogP contribution in [0.3, 0.4) is 0 Å². The molecule has 0 amide bonds. The summed E-state index contributed by atoms with van der Waals surface area (Å²) in [4.78, 5) is 0. The first kappa shape index (κ1) is 20.7. The molecule has 0 saturated heterocycles. The van der Waals surface area contributed by atoms with E-state index in [1.807, 2.05) is 72.8 Å². The van der Waals surface area contributed by atoms with Crippen molar-refractivity contribution in [3.8, 4) is 24.3 Å². The van der Waals surface area contributed by atoms with Crippen molar-refractivity contribution in [2.24, 2.45) is 0 Å². The Bertz CT molecular complexity index is 2420. The lowest BCUT2D eigenvalue weighted by molar-refractivity contribution is 1.36. The quantitative estimate of drug-likeness (QED) is 0.214. The Morgan fingerprint density at radius 2 is 0.625 bits per heavy atom. The van der Waals surface area contributed by atoms with E-state index in [0.29, 0.717) is 22.3 Å². The zero-order valence-electron chi connectivity index (χ0n) is 20.6. The van der Waals surface area contributed by atoms with E-state index >= 15 is 0 Å². The van der Waals surface area contributed by atoms with E-state index in [2.05, 4.69) is 33.1 Å². The van der Waals surface area contributed by atoms with Crippen LogP contribution in [0, 0.1) is 45.3 Å². The van der Waals surface area contributed by atoms with Crippen LogP contribution in [-0.4, -0.2) is 8.80 Å². The van der Waals surface area contributed by atoms with Gasteiger partial charge in [0.15, 0.2) is 0 Å². The Balaban J connectivity index is 1.76. The number of aromatic nitrogens is 2. The van der Waals surface area contributed by atoms with Crippen LogP contribution in [0.2, 0.25) is 0 Å². The average molecular weight is 505 g/mol. The zero-order valence-corrected chi connectivity index (χ0v) is 20.6. The van der Waals surface area contributed by atoms with Crippen LogP contribution in [0.15, 0.2) is 72.8 Å². The molecule has 0 fully saturated rings. The molecular formula is C34H12N6. The second-order valence-corrected chi connectivity index (χ2v) is 10.2. The van der Waals surface area contributed by atoms with Crippen molar-refractivity contribution in [1.29, 1.82) is 21.0 Å². The van der Waals surface area contributed by atoms with Gasteiger partial charge in [-0.3, -0.25) is 0 Å². The minimum atomic E-state index is 0.573. The SMILES string of the molecule is N#Cc1ccc2c(c1)c1c3c4cc(C#N)ccc4n4c5ccc(C#N)cc5c(c5c6cc(C#N)ccc6n2c15)c34. The normalized spacial score (nSPS) is 11.9. The fraction of sp³-hybridized carbons (Fsp3) is 0. The van der Waals surface area contributed by atoms with Gasteiger partial charge in [-0.1, -0.05) is 0 Å². The predicted molar refractivity (Wildman–Crippen MR) is 155 cm³/mol. The fourth-order valence-corrected chi connectivity index (χ4v) is 6.96. The Kier molecular flexibility index (Phi) is 3.49. The highest BCUT2D eigenvalue weighted by Crippen LogP contribution is 2.51. The third kappa shape index (κ3) is 2.15. The van der Waals surface area contributed by atoms with Crippen molar-refractivity contribution in [3.05, 3.63) is 95.1 Å². The van der Waals surface area contributed by atoms with Gasteiger partial charge in [0.2, 0.25) is 0 Å². The number of nitriles is 4. The van der Waals surface area contributed by atoms with E-state index in [4.69, 9.17) is 0 Å². The van der Waals surface area contributed by atoms with Gasteiger partial charge in [0.05, 0.1) is 79.6 Å². The summed E-state index contributed by atoms with van der Waals surface area (Å²) < 4.78 is 4.47. The van der Waals surface area contributed by atoms with E-state index in [0.717, 1.165) is 76.2 Å². The van der Waals surface area contributed by atoms with Crippen LogP contribution in [0.5, 0.6) is 0 Å². The highest BCUT2D eigenvalue weighted by atomic mass is 14.9. The number of hydrogen-bond acceptors (Lipinski definition) is 4. The molecule has 0 aliphatic heterocycles. The maximum absolute atomic E-state index is 9.79. The molecule has 0 atom stereocenters. The van der Waals surface area contributed by atoms with Crippen LogP contribution in [0.1, 0.15) is 22.3 Å². The summed E-state index contributed by atoms with van der Waals surface area (Å²) in [5.41, 5.74) is 8.20. The largest absolute Gasteiger partial charge is 0.308 e. The summed E-state index contributed by atoms with van der Waals surface area (Å²) in [5.74, 6) is 0. The van der Waals surface area contributed by atoms with Gasteiger partial charge >= 0.3 is 0 Å². The molecule has 4 aromatic heterocycles. The van der Waals surface area contributed by atoms with Gasteiger partial charge in [-0.05, 0) is 72.8 Å². The van der Waals surface area contributed by atoms with Gasteiger partial charge in [-0.2, -0.15) is 21.0 Å². The van der Waals surface area contributed by atoms with Crippen molar-refractivity contribution < 1.29 is 0 Å². The average Bonchev–Trinajstić information content (AvgIpc) is 3.71. The number of hydrogen-bond donors (Lipinski definition) is 0. The number of benzene rings is 5. The van der Waals surface area contributed by atoms with Crippen LogP contribution >= 0.6 is 0 Å². The molecule has 4 heterocycles. The molecule has 5 aromatic carbocycles. The van der Waals surface area contributed by atoms with Gasteiger partial charge in [0.25, 0.3) is 0 Å². The van der Waals surface area contributed by atoms with Gasteiger partial charge in [0.1, 0.15) is 0 Å².